The molecule has 3 fully saturated rings. The quantitative estimate of drug-likeness (QED) is 0.743. The molecular formula is C20H28N4O6. The normalized spacial score (nSPS) is 34.0. The molecule has 5 heterocycles. The number of nitrogens with zero attached hydrogens (tertiary/aromatic N) is 3. The maximum absolute atomic E-state index is 12.2. The van der Waals surface area contributed by atoms with Crippen molar-refractivity contribution in [2.75, 3.05) is 25.1 Å². The highest BCUT2D eigenvalue weighted by molar-refractivity contribution is 5.87. The summed E-state index contributed by atoms with van der Waals surface area (Å²) in [5, 5.41) is 17.4. The first-order valence-electron chi connectivity index (χ1n) is 10.8. The molecule has 10 heteroatoms. The van der Waals surface area contributed by atoms with Crippen molar-refractivity contribution in [3.8, 4) is 0 Å². The van der Waals surface area contributed by atoms with Gasteiger partial charge in [-0.3, -0.25) is 4.79 Å². The van der Waals surface area contributed by atoms with Gasteiger partial charge in [-0.15, -0.1) is 0 Å². The fourth-order valence-electron chi connectivity index (χ4n) is 4.46. The van der Waals surface area contributed by atoms with E-state index in [0.717, 1.165) is 49.9 Å². The zero-order chi connectivity index (χ0) is 20.5. The van der Waals surface area contributed by atoms with Gasteiger partial charge in [0.2, 0.25) is 0 Å². The van der Waals surface area contributed by atoms with Gasteiger partial charge in [0.1, 0.15) is 23.6 Å². The van der Waals surface area contributed by atoms with Crippen molar-refractivity contribution in [1.82, 2.24) is 9.78 Å². The monoisotopic (exact) mass is 420 g/mol. The van der Waals surface area contributed by atoms with Crippen molar-refractivity contribution >= 4 is 17.8 Å². The Kier molecular flexibility index (Phi) is 5.83. The molecule has 2 N–H and O–H groups in total. The molecule has 5 atom stereocenters. The van der Waals surface area contributed by atoms with Crippen LogP contribution in [0.15, 0.2) is 4.99 Å². The molecule has 3 unspecified atom stereocenters. The van der Waals surface area contributed by atoms with Crippen LogP contribution < -0.4 is 5.32 Å². The Morgan fingerprint density at radius 3 is 2.73 bits per heavy atom. The number of Topliss-reactive ketones (excluding diaryl/α,β-unsaturated/α-hetero) is 1. The highest BCUT2D eigenvalue weighted by Crippen LogP contribution is 2.42. The number of aliphatic hydroxyl groups excluding tert-OH is 1. The number of carbonyl (C=O) groups is 1. The summed E-state index contributed by atoms with van der Waals surface area (Å²) in [5.41, 5.74) is 2.11. The van der Waals surface area contributed by atoms with Gasteiger partial charge in [0.15, 0.2) is 24.5 Å². The SMILES string of the molecule is O=C1C[C@H](c2nn(C3CCCCO3)c3c2NC=NC3OC2CCCCO2)O[C@@H]1CO. The minimum absolute atomic E-state index is 0.118. The van der Waals surface area contributed by atoms with Crippen LogP contribution in [0, 0.1) is 0 Å². The first-order chi connectivity index (χ1) is 14.7. The van der Waals surface area contributed by atoms with Crippen LogP contribution in [0.1, 0.15) is 74.9 Å². The van der Waals surface area contributed by atoms with E-state index in [1.807, 2.05) is 4.68 Å². The molecule has 30 heavy (non-hydrogen) atoms. The van der Waals surface area contributed by atoms with Crippen LogP contribution in [0.2, 0.25) is 0 Å². The number of carbonyl (C=O) groups excluding carboxylic acids is 1. The molecule has 0 bridgehead atoms. The molecule has 1 aromatic heterocycles. The molecule has 0 amide bonds. The number of ketones is 1. The van der Waals surface area contributed by atoms with E-state index in [2.05, 4.69) is 10.3 Å². The number of nitrogens with one attached hydrogen (secondary N) is 1. The molecule has 0 spiro atoms. The number of hydrogen-bond donors (Lipinski definition) is 2. The van der Waals surface area contributed by atoms with Crippen LogP contribution in [0.3, 0.4) is 0 Å². The topological polar surface area (TPSA) is 116 Å². The number of aliphatic imine (C=N–C) groups is 1. The predicted molar refractivity (Wildman–Crippen MR) is 105 cm³/mol. The lowest BCUT2D eigenvalue weighted by Gasteiger charge is -2.30. The van der Waals surface area contributed by atoms with E-state index in [9.17, 15) is 9.90 Å². The molecule has 10 nitrogen and oxygen atoms in total. The molecular weight excluding hydrogens is 392 g/mol. The number of fused-ring (bicyclic) bond motifs is 1. The molecule has 0 aliphatic carbocycles. The minimum atomic E-state index is -0.804. The zero-order valence-electron chi connectivity index (χ0n) is 16.9. The number of aromatic nitrogens is 2. The number of hydrogen-bond acceptors (Lipinski definition) is 9. The molecule has 0 saturated carbocycles. The highest BCUT2D eigenvalue weighted by Gasteiger charge is 2.41. The molecule has 1 aromatic rings. The zero-order valence-corrected chi connectivity index (χ0v) is 16.9. The summed E-state index contributed by atoms with van der Waals surface area (Å²) < 4.78 is 25.6. The van der Waals surface area contributed by atoms with Crippen LogP contribution in [0.5, 0.6) is 0 Å². The summed E-state index contributed by atoms with van der Waals surface area (Å²) in [4.78, 5) is 16.7. The van der Waals surface area contributed by atoms with Gasteiger partial charge < -0.3 is 29.4 Å². The summed E-state index contributed by atoms with van der Waals surface area (Å²) in [5.74, 6) is -0.118. The molecule has 5 rings (SSSR count). The standard InChI is InChI=1S/C20H28N4O6/c25-10-14-12(26)9-13(29-14)17-18-19(24(23-17)15-5-1-3-7-27-15)20(22-11-21-18)30-16-6-2-4-8-28-16/h11,13-16,20,25H,1-10H2,(H,21,22)/t13-,14-,15?,16?,20?/m1/s1. The molecule has 164 valence electrons. The number of aliphatic hydroxyl groups is 1. The summed E-state index contributed by atoms with van der Waals surface area (Å²) in [6, 6.07) is 0. The molecule has 0 radical (unpaired) electrons. The average Bonchev–Trinajstić information content (AvgIpc) is 3.36. The van der Waals surface area contributed by atoms with Crippen molar-refractivity contribution in [3.63, 3.8) is 0 Å². The van der Waals surface area contributed by atoms with Crippen molar-refractivity contribution < 1.29 is 28.8 Å². The maximum atomic E-state index is 12.2. The minimum Gasteiger partial charge on any atom is -0.393 e. The Balaban J connectivity index is 1.48. The van der Waals surface area contributed by atoms with E-state index in [4.69, 9.17) is 24.0 Å². The van der Waals surface area contributed by atoms with Crippen LogP contribution in [0.25, 0.3) is 0 Å². The van der Waals surface area contributed by atoms with E-state index in [0.29, 0.717) is 18.9 Å². The van der Waals surface area contributed by atoms with E-state index in [1.54, 1.807) is 6.34 Å². The fourth-order valence-corrected chi connectivity index (χ4v) is 4.46. The van der Waals surface area contributed by atoms with E-state index in [-0.39, 0.29) is 31.3 Å². The lowest BCUT2D eigenvalue weighted by atomic mass is 10.1. The summed E-state index contributed by atoms with van der Waals surface area (Å²) in [7, 11) is 0. The van der Waals surface area contributed by atoms with Crippen LogP contribution in [-0.2, 0) is 23.7 Å². The van der Waals surface area contributed by atoms with Gasteiger partial charge in [0, 0.05) is 19.6 Å². The van der Waals surface area contributed by atoms with Gasteiger partial charge in [-0.1, -0.05) is 0 Å². The average molecular weight is 420 g/mol. The summed E-state index contributed by atoms with van der Waals surface area (Å²) in [6.07, 6.45) is 5.16. The van der Waals surface area contributed by atoms with E-state index in [1.165, 1.54) is 0 Å². The third-order valence-electron chi connectivity index (χ3n) is 6.02. The van der Waals surface area contributed by atoms with Gasteiger partial charge in [-0.25, -0.2) is 9.67 Å². The largest absolute Gasteiger partial charge is 0.393 e. The van der Waals surface area contributed by atoms with Gasteiger partial charge in [-0.2, -0.15) is 5.10 Å². The van der Waals surface area contributed by atoms with Crippen LogP contribution >= 0.6 is 0 Å². The Morgan fingerprint density at radius 2 is 2.03 bits per heavy atom. The summed E-state index contributed by atoms with van der Waals surface area (Å²) >= 11 is 0. The maximum Gasteiger partial charge on any atom is 0.197 e. The lowest BCUT2D eigenvalue weighted by molar-refractivity contribution is -0.190. The molecule has 4 aliphatic heterocycles. The van der Waals surface area contributed by atoms with Crippen molar-refractivity contribution in [1.29, 1.82) is 0 Å². The Bertz CT molecular complexity index is 799. The van der Waals surface area contributed by atoms with Gasteiger partial charge in [0.05, 0.1) is 18.6 Å². The highest BCUT2D eigenvalue weighted by atomic mass is 16.7. The van der Waals surface area contributed by atoms with Gasteiger partial charge >= 0.3 is 0 Å². The third kappa shape index (κ3) is 3.78. The van der Waals surface area contributed by atoms with Gasteiger partial charge in [0.25, 0.3) is 0 Å². The van der Waals surface area contributed by atoms with E-state index < -0.39 is 18.4 Å². The Morgan fingerprint density at radius 1 is 1.20 bits per heavy atom. The number of rotatable bonds is 5. The van der Waals surface area contributed by atoms with Crippen molar-refractivity contribution in [2.45, 2.75) is 75.9 Å². The smallest absolute Gasteiger partial charge is 0.197 e. The fraction of sp³-hybridized carbons (Fsp3) is 0.750. The van der Waals surface area contributed by atoms with E-state index >= 15 is 0 Å². The van der Waals surface area contributed by atoms with Gasteiger partial charge in [-0.05, 0) is 38.5 Å². The second kappa shape index (κ2) is 8.72. The lowest BCUT2D eigenvalue weighted by Crippen LogP contribution is -2.28. The van der Waals surface area contributed by atoms with Crippen molar-refractivity contribution in [2.24, 2.45) is 4.99 Å². The number of anilines is 1. The second-order valence-corrected chi connectivity index (χ2v) is 8.08. The molecule has 4 aliphatic rings. The second-order valence-electron chi connectivity index (χ2n) is 8.08. The Labute approximate surface area is 174 Å². The third-order valence-corrected chi connectivity index (χ3v) is 6.02. The van der Waals surface area contributed by atoms with Crippen LogP contribution in [-0.4, -0.2) is 59.2 Å². The first kappa shape index (κ1) is 20.1. The van der Waals surface area contributed by atoms with Crippen molar-refractivity contribution in [3.05, 3.63) is 11.4 Å². The first-order valence-corrected chi connectivity index (χ1v) is 10.8. The van der Waals surface area contributed by atoms with Crippen LogP contribution in [0.4, 0.5) is 5.69 Å². The summed E-state index contributed by atoms with van der Waals surface area (Å²) in [6.45, 7) is 1.03. The number of ether oxygens (including phenoxy) is 4. The molecule has 0 aromatic carbocycles. The Hall–Kier alpha value is -1.85. The molecule has 3 saturated heterocycles. The predicted octanol–water partition coefficient (Wildman–Crippen LogP) is 1.97.